The lowest BCUT2D eigenvalue weighted by atomic mass is 9.78. The molecular weight excluding hydrogens is 216 g/mol. The molecule has 3 unspecified atom stereocenters. The first kappa shape index (κ1) is 12.8. The Balaban J connectivity index is 1.84. The largest absolute Gasteiger partial charge is 0.481 e. The minimum Gasteiger partial charge on any atom is -0.481 e. The highest BCUT2D eigenvalue weighted by Gasteiger charge is 2.40. The van der Waals surface area contributed by atoms with Crippen LogP contribution in [0.25, 0.3) is 0 Å². The number of nitrogens with zero attached hydrogens (tertiary/aromatic N) is 2. The Morgan fingerprint density at radius 1 is 1.41 bits per heavy atom. The molecule has 1 aliphatic carbocycles. The van der Waals surface area contributed by atoms with Crippen LogP contribution in [0.1, 0.15) is 32.6 Å². The van der Waals surface area contributed by atoms with E-state index in [1.54, 1.807) is 0 Å². The standard InChI is InChI=1S/C13H24N2O2/c1-3-15-8-4-5-10(15)9-14(2)12-7-6-11(12)13(16)17/h10-12H,3-9H2,1-2H3,(H,16,17). The molecule has 1 saturated carbocycles. The van der Waals surface area contributed by atoms with Gasteiger partial charge in [0.2, 0.25) is 0 Å². The Hall–Kier alpha value is -0.610. The monoisotopic (exact) mass is 240 g/mol. The van der Waals surface area contributed by atoms with Gasteiger partial charge in [0.15, 0.2) is 0 Å². The number of carboxylic acid groups (broad SMARTS) is 1. The minimum atomic E-state index is -0.619. The Bertz CT molecular complexity index is 283. The molecule has 17 heavy (non-hydrogen) atoms. The lowest BCUT2D eigenvalue weighted by Gasteiger charge is -2.42. The summed E-state index contributed by atoms with van der Waals surface area (Å²) in [6.07, 6.45) is 4.46. The normalized spacial score (nSPS) is 33.9. The molecule has 98 valence electrons. The number of likely N-dealkylation sites (N-methyl/N-ethyl adjacent to an activating group) is 2. The summed E-state index contributed by atoms with van der Waals surface area (Å²) in [6, 6.07) is 0.909. The molecule has 1 aliphatic heterocycles. The van der Waals surface area contributed by atoms with Gasteiger partial charge in [-0.05, 0) is 45.8 Å². The van der Waals surface area contributed by atoms with Crippen molar-refractivity contribution in [1.29, 1.82) is 0 Å². The van der Waals surface area contributed by atoms with E-state index >= 15 is 0 Å². The van der Waals surface area contributed by atoms with Crippen molar-refractivity contribution in [3.8, 4) is 0 Å². The van der Waals surface area contributed by atoms with Gasteiger partial charge in [-0.3, -0.25) is 9.69 Å². The van der Waals surface area contributed by atoms with Gasteiger partial charge in [-0.15, -0.1) is 0 Å². The van der Waals surface area contributed by atoms with Crippen LogP contribution in [0, 0.1) is 5.92 Å². The molecule has 1 heterocycles. The zero-order chi connectivity index (χ0) is 12.4. The average molecular weight is 240 g/mol. The third-order valence-electron chi connectivity index (χ3n) is 4.53. The molecule has 0 radical (unpaired) electrons. The molecule has 2 rings (SSSR count). The van der Waals surface area contributed by atoms with E-state index in [9.17, 15) is 4.79 Å². The highest BCUT2D eigenvalue weighted by molar-refractivity contribution is 5.72. The average Bonchev–Trinajstić information content (AvgIpc) is 2.62. The Morgan fingerprint density at radius 2 is 2.18 bits per heavy atom. The van der Waals surface area contributed by atoms with Gasteiger partial charge < -0.3 is 10.0 Å². The lowest BCUT2D eigenvalue weighted by Crippen LogP contribution is -2.52. The van der Waals surface area contributed by atoms with Crippen LogP contribution in [0.5, 0.6) is 0 Å². The zero-order valence-corrected chi connectivity index (χ0v) is 10.9. The molecule has 4 nitrogen and oxygen atoms in total. The van der Waals surface area contributed by atoms with Gasteiger partial charge in [-0.25, -0.2) is 0 Å². The van der Waals surface area contributed by atoms with Crippen molar-refractivity contribution in [2.45, 2.75) is 44.7 Å². The number of rotatable bonds is 5. The van der Waals surface area contributed by atoms with Gasteiger partial charge in [0, 0.05) is 18.6 Å². The van der Waals surface area contributed by atoms with E-state index in [0.717, 1.165) is 25.9 Å². The fraction of sp³-hybridized carbons (Fsp3) is 0.923. The van der Waals surface area contributed by atoms with E-state index in [-0.39, 0.29) is 12.0 Å². The molecule has 0 aromatic rings. The molecule has 0 aromatic heterocycles. The molecular formula is C13H24N2O2. The van der Waals surface area contributed by atoms with Crippen LogP contribution < -0.4 is 0 Å². The van der Waals surface area contributed by atoms with Gasteiger partial charge in [-0.2, -0.15) is 0 Å². The second kappa shape index (κ2) is 5.36. The number of hydrogen-bond donors (Lipinski definition) is 1. The summed E-state index contributed by atoms with van der Waals surface area (Å²) in [5.41, 5.74) is 0. The molecule has 1 N–H and O–H groups in total. The highest BCUT2D eigenvalue weighted by Crippen LogP contribution is 2.32. The SMILES string of the molecule is CCN1CCCC1CN(C)C1CCC1C(=O)O. The van der Waals surface area contributed by atoms with Crippen molar-refractivity contribution in [3.63, 3.8) is 0 Å². The molecule has 1 saturated heterocycles. The summed E-state index contributed by atoms with van der Waals surface area (Å²) in [4.78, 5) is 15.8. The molecule has 0 spiro atoms. The van der Waals surface area contributed by atoms with Gasteiger partial charge >= 0.3 is 5.97 Å². The maximum absolute atomic E-state index is 11.0. The first-order valence-corrected chi connectivity index (χ1v) is 6.80. The molecule has 3 atom stereocenters. The summed E-state index contributed by atoms with van der Waals surface area (Å²) in [5, 5.41) is 9.07. The predicted molar refractivity (Wildman–Crippen MR) is 67.0 cm³/mol. The van der Waals surface area contributed by atoms with E-state index < -0.39 is 5.97 Å². The zero-order valence-electron chi connectivity index (χ0n) is 10.9. The lowest BCUT2D eigenvalue weighted by molar-refractivity contribution is -0.148. The van der Waals surface area contributed by atoms with Crippen LogP contribution in [0.15, 0.2) is 0 Å². The van der Waals surface area contributed by atoms with Crippen LogP contribution in [-0.2, 0) is 4.79 Å². The van der Waals surface area contributed by atoms with E-state index in [2.05, 4.69) is 23.8 Å². The Morgan fingerprint density at radius 3 is 2.71 bits per heavy atom. The Kier molecular flexibility index (Phi) is 4.05. The topological polar surface area (TPSA) is 43.8 Å². The first-order chi connectivity index (χ1) is 8.13. The van der Waals surface area contributed by atoms with Crippen LogP contribution in [0.4, 0.5) is 0 Å². The van der Waals surface area contributed by atoms with E-state index in [0.29, 0.717) is 6.04 Å². The number of aliphatic carboxylic acids is 1. The van der Waals surface area contributed by atoms with Crippen LogP contribution in [0.3, 0.4) is 0 Å². The van der Waals surface area contributed by atoms with Gasteiger partial charge in [0.1, 0.15) is 0 Å². The maximum atomic E-state index is 11.0. The number of likely N-dealkylation sites (tertiary alicyclic amines) is 1. The second-order valence-electron chi connectivity index (χ2n) is 5.45. The smallest absolute Gasteiger partial charge is 0.308 e. The van der Waals surface area contributed by atoms with E-state index in [1.807, 2.05) is 0 Å². The molecule has 0 aromatic carbocycles. The summed E-state index contributed by atoms with van der Waals surface area (Å²) < 4.78 is 0. The third-order valence-corrected chi connectivity index (χ3v) is 4.53. The van der Waals surface area contributed by atoms with Gasteiger partial charge in [0.25, 0.3) is 0 Å². The van der Waals surface area contributed by atoms with Crippen molar-refractivity contribution in [2.24, 2.45) is 5.92 Å². The van der Waals surface area contributed by atoms with E-state index in [1.165, 1.54) is 19.4 Å². The fourth-order valence-corrected chi connectivity index (χ4v) is 3.28. The predicted octanol–water partition coefficient (Wildman–Crippen LogP) is 1.27. The van der Waals surface area contributed by atoms with Crippen LogP contribution in [0.2, 0.25) is 0 Å². The maximum Gasteiger partial charge on any atom is 0.308 e. The summed E-state index contributed by atoms with van der Waals surface area (Å²) in [5.74, 6) is -0.747. The third kappa shape index (κ3) is 2.63. The second-order valence-corrected chi connectivity index (χ2v) is 5.45. The summed E-state index contributed by atoms with van der Waals surface area (Å²) in [7, 11) is 2.09. The summed E-state index contributed by atoms with van der Waals surface area (Å²) in [6.45, 7) is 5.57. The van der Waals surface area contributed by atoms with Crippen molar-refractivity contribution < 1.29 is 9.90 Å². The highest BCUT2D eigenvalue weighted by atomic mass is 16.4. The number of carboxylic acids is 1. The van der Waals surface area contributed by atoms with Crippen molar-refractivity contribution in [2.75, 3.05) is 26.7 Å². The van der Waals surface area contributed by atoms with Crippen molar-refractivity contribution in [1.82, 2.24) is 9.80 Å². The van der Waals surface area contributed by atoms with Crippen LogP contribution >= 0.6 is 0 Å². The molecule has 0 bridgehead atoms. The number of carbonyl (C=O) groups is 1. The number of hydrogen-bond acceptors (Lipinski definition) is 3. The Labute approximate surface area is 104 Å². The minimum absolute atomic E-state index is 0.128. The quantitative estimate of drug-likeness (QED) is 0.786. The molecule has 0 amide bonds. The van der Waals surface area contributed by atoms with E-state index in [4.69, 9.17) is 5.11 Å². The first-order valence-electron chi connectivity index (χ1n) is 6.80. The van der Waals surface area contributed by atoms with Gasteiger partial charge in [-0.1, -0.05) is 6.92 Å². The molecule has 2 fully saturated rings. The summed E-state index contributed by atoms with van der Waals surface area (Å²) >= 11 is 0. The van der Waals surface area contributed by atoms with Crippen molar-refractivity contribution >= 4 is 5.97 Å². The fourth-order valence-electron chi connectivity index (χ4n) is 3.28. The van der Waals surface area contributed by atoms with Crippen molar-refractivity contribution in [3.05, 3.63) is 0 Å². The van der Waals surface area contributed by atoms with Gasteiger partial charge in [0.05, 0.1) is 5.92 Å². The molecule has 4 heteroatoms. The van der Waals surface area contributed by atoms with Crippen LogP contribution in [-0.4, -0.2) is 59.6 Å². The molecule has 2 aliphatic rings.